The fourth-order valence-electron chi connectivity index (χ4n) is 1.68. The molecule has 1 aliphatic rings. The molecular weight excluding hydrogens is 285 g/mol. The summed E-state index contributed by atoms with van der Waals surface area (Å²) in [6.45, 7) is 0.459. The summed E-state index contributed by atoms with van der Waals surface area (Å²) in [6, 6.07) is 0. The van der Waals surface area contributed by atoms with Crippen LogP contribution in [0.4, 0.5) is 0 Å². The van der Waals surface area contributed by atoms with Crippen LogP contribution in [0.3, 0.4) is 0 Å². The smallest absolute Gasteiger partial charge is 0.394 e. The number of amides is 1. The van der Waals surface area contributed by atoms with Gasteiger partial charge in [0.25, 0.3) is 0 Å². The van der Waals surface area contributed by atoms with E-state index < -0.39 is 51.0 Å². The van der Waals surface area contributed by atoms with Gasteiger partial charge in [0, 0.05) is 6.92 Å². The predicted molar refractivity (Wildman–Crippen MR) is 58.5 cm³/mol. The van der Waals surface area contributed by atoms with Gasteiger partial charge in [0.2, 0.25) is 5.91 Å². The van der Waals surface area contributed by atoms with Gasteiger partial charge in [-0.15, -0.1) is 0 Å². The summed E-state index contributed by atoms with van der Waals surface area (Å²) in [5.41, 5.74) is 0. The van der Waals surface area contributed by atoms with Crippen LogP contribution in [0.15, 0.2) is 0 Å². The van der Waals surface area contributed by atoms with Crippen LogP contribution in [0.1, 0.15) is 6.92 Å². The van der Waals surface area contributed by atoms with Crippen molar-refractivity contribution >= 4 is 13.7 Å². The third kappa shape index (κ3) is 4.48. The summed E-state index contributed by atoms with van der Waals surface area (Å²) >= 11 is 0. The van der Waals surface area contributed by atoms with Crippen LogP contribution in [0.25, 0.3) is 0 Å². The molecule has 0 radical (unpaired) electrons. The normalized spacial score (nSPS) is 36.0. The summed E-state index contributed by atoms with van der Waals surface area (Å²) in [5, 5.41) is 30.4. The molecule has 5 atom stereocenters. The SMILES string of the molecule is CC(=O)N[C@H]1O[C@H](CO)[C@@H](O)[C@H](O)[C@H]1OP(=O)(O)O. The molecule has 0 aromatic heterocycles. The van der Waals surface area contributed by atoms with Crippen LogP contribution >= 0.6 is 7.82 Å². The van der Waals surface area contributed by atoms with Crippen LogP contribution in [0, 0.1) is 0 Å². The van der Waals surface area contributed by atoms with E-state index in [4.69, 9.17) is 19.6 Å². The predicted octanol–water partition coefficient (Wildman–Crippen LogP) is -2.96. The molecule has 112 valence electrons. The Hall–Kier alpha value is -0.580. The van der Waals surface area contributed by atoms with Crippen LogP contribution in [0.2, 0.25) is 0 Å². The molecule has 0 aromatic rings. The highest BCUT2D eigenvalue weighted by Crippen LogP contribution is 2.40. The Bertz CT molecular complexity index is 371. The number of aliphatic hydroxyl groups excluding tert-OH is 3. The van der Waals surface area contributed by atoms with Crippen molar-refractivity contribution in [1.82, 2.24) is 5.32 Å². The van der Waals surface area contributed by atoms with E-state index >= 15 is 0 Å². The Labute approximate surface area is 108 Å². The third-order valence-corrected chi connectivity index (χ3v) is 2.99. The minimum atomic E-state index is -4.97. The second kappa shape index (κ2) is 6.25. The van der Waals surface area contributed by atoms with Crippen molar-refractivity contribution < 1.29 is 43.7 Å². The van der Waals surface area contributed by atoms with Crippen molar-refractivity contribution in [1.29, 1.82) is 0 Å². The van der Waals surface area contributed by atoms with Gasteiger partial charge in [-0.3, -0.25) is 9.32 Å². The Morgan fingerprint density at radius 2 is 1.95 bits per heavy atom. The first-order chi connectivity index (χ1) is 8.65. The van der Waals surface area contributed by atoms with Gasteiger partial charge in [-0.1, -0.05) is 0 Å². The van der Waals surface area contributed by atoms with Gasteiger partial charge in [0.1, 0.15) is 24.4 Å². The van der Waals surface area contributed by atoms with Gasteiger partial charge in [-0.2, -0.15) is 0 Å². The van der Waals surface area contributed by atoms with Gasteiger partial charge in [-0.25, -0.2) is 4.57 Å². The monoisotopic (exact) mass is 301 g/mol. The lowest BCUT2D eigenvalue weighted by Crippen LogP contribution is -2.63. The third-order valence-electron chi connectivity index (χ3n) is 2.47. The molecule has 6 N–H and O–H groups in total. The molecule has 1 fully saturated rings. The molecule has 1 amide bonds. The first-order valence-electron chi connectivity index (χ1n) is 5.29. The zero-order valence-corrected chi connectivity index (χ0v) is 10.8. The number of hydrogen-bond acceptors (Lipinski definition) is 7. The summed E-state index contributed by atoms with van der Waals surface area (Å²) in [6.07, 6.45) is -7.69. The minimum Gasteiger partial charge on any atom is -0.394 e. The maximum Gasteiger partial charge on any atom is 0.470 e. The summed E-state index contributed by atoms with van der Waals surface area (Å²) in [7, 11) is -4.97. The number of nitrogens with one attached hydrogen (secondary N) is 1. The van der Waals surface area contributed by atoms with Crippen molar-refractivity contribution in [2.75, 3.05) is 6.61 Å². The number of rotatable bonds is 4. The molecule has 1 aliphatic heterocycles. The van der Waals surface area contributed by atoms with E-state index in [2.05, 4.69) is 9.84 Å². The lowest BCUT2D eigenvalue weighted by molar-refractivity contribution is -0.232. The molecule has 10 nitrogen and oxygen atoms in total. The van der Waals surface area contributed by atoms with Crippen LogP contribution in [-0.2, 0) is 18.6 Å². The van der Waals surface area contributed by atoms with Crippen LogP contribution in [-0.4, -0.2) is 68.3 Å². The number of phosphoric acid groups is 1. The average molecular weight is 301 g/mol. The van der Waals surface area contributed by atoms with Crippen LogP contribution < -0.4 is 5.32 Å². The molecule has 1 heterocycles. The maximum absolute atomic E-state index is 11.0. The number of aliphatic hydroxyl groups is 3. The summed E-state index contributed by atoms with van der Waals surface area (Å²) < 4.78 is 20.1. The zero-order valence-electron chi connectivity index (χ0n) is 9.91. The lowest BCUT2D eigenvalue weighted by atomic mass is 9.98. The largest absolute Gasteiger partial charge is 0.470 e. The van der Waals surface area contributed by atoms with Crippen molar-refractivity contribution in [3.8, 4) is 0 Å². The second-order valence-corrected chi connectivity index (χ2v) is 5.21. The highest BCUT2D eigenvalue weighted by atomic mass is 31.2. The number of hydrogen-bond donors (Lipinski definition) is 6. The summed E-state index contributed by atoms with van der Waals surface area (Å²) in [4.78, 5) is 28.4. The molecule has 0 bridgehead atoms. The maximum atomic E-state index is 11.0. The molecule has 1 rings (SSSR count). The fraction of sp³-hybridized carbons (Fsp3) is 0.875. The summed E-state index contributed by atoms with van der Waals surface area (Å²) in [5.74, 6) is -0.607. The first kappa shape index (κ1) is 16.5. The molecule has 11 heteroatoms. The van der Waals surface area contributed by atoms with E-state index in [9.17, 15) is 19.6 Å². The molecule has 0 aliphatic carbocycles. The number of carbonyl (C=O) groups excluding carboxylic acids is 1. The van der Waals surface area contributed by atoms with E-state index in [1.54, 1.807) is 0 Å². The molecule has 19 heavy (non-hydrogen) atoms. The van der Waals surface area contributed by atoms with Gasteiger partial charge in [0.15, 0.2) is 6.23 Å². The minimum absolute atomic E-state index is 0.607. The molecule has 0 unspecified atom stereocenters. The topological polar surface area (TPSA) is 166 Å². The van der Waals surface area contributed by atoms with Crippen molar-refractivity contribution in [2.45, 2.75) is 37.6 Å². The van der Waals surface area contributed by atoms with Crippen molar-refractivity contribution in [2.24, 2.45) is 0 Å². The quantitative estimate of drug-likeness (QED) is 0.297. The molecule has 0 saturated carbocycles. The van der Waals surface area contributed by atoms with Crippen molar-refractivity contribution in [3.05, 3.63) is 0 Å². The van der Waals surface area contributed by atoms with E-state index in [0.29, 0.717) is 0 Å². The molecular formula is C8H16NO9P. The van der Waals surface area contributed by atoms with Gasteiger partial charge >= 0.3 is 7.82 Å². The van der Waals surface area contributed by atoms with Gasteiger partial charge < -0.3 is 35.2 Å². The van der Waals surface area contributed by atoms with Gasteiger partial charge in [0.05, 0.1) is 6.61 Å². The van der Waals surface area contributed by atoms with E-state index in [1.165, 1.54) is 0 Å². The lowest BCUT2D eigenvalue weighted by Gasteiger charge is -2.41. The molecule has 1 saturated heterocycles. The first-order valence-corrected chi connectivity index (χ1v) is 6.82. The Kier molecular flexibility index (Phi) is 5.42. The van der Waals surface area contributed by atoms with E-state index in [-0.39, 0.29) is 0 Å². The number of ether oxygens (including phenoxy) is 1. The average Bonchev–Trinajstić information content (AvgIpc) is 2.26. The Morgan fingerprint density at radius 1 is 1.37 bits per heavy atom. The number of phosphoric ester groups is 1. The second-order valence-electron chi connectivity index (χ2n) is 4.02. The van der Waals surface area contributed by atoms with Gasteiger partial charge in [-0.05, 0) is 0 Å². The Balaban J connectivity index is 2.92. The highest BCUT2D eigenvalue weighted by molar-refractivity contribution is 7.46. The fourth-order valence-corrected chi connectivity index (χ4v) is 2.24. The molecule has 0 spiro atoms. The van der Waals surface area contributed by atoms with Crippen LogP contribution in [0.5, 0.6) is 0 Å². The standard InChI is InChI=1S/C8H16NO9P/c1-3(11)9-8-7(18-19(14,15)16)6(13)5(12)4(2-10)17-8/h4-8,10,12-13H,2H2,1H3,(H,9,11)(H2,14,15,16)/t4-,5-,6+,7-,8+/m1/s1. The van der Waals surface area contributed by atoms with Crippen molar-refractivity contribution in [3.63, 3.8) is 0 Å². The van der Waals surface area contributed by atoms with E-state index in [1.807, 2.05) is 0 Å². The Morgan fingerprint density at radius 3 is 2.37 bits per heavy atom. The number of carbonyl (C=O) groups is 1. The zero-order chi connectivity index (χ0) is 14.8. The van der Waals surface area contributed by atoms with E-state index in [0.717, 1.165) is 6.92 Å². The highest BCUT2D eigenvalue weighted by Gasteiger charge is 2.47. The molecule has 0 aromatic carbocycles.